The number of nitrogens with one attached hydrogen (secondary N) is 1. The Morgan fingerprint density at radius 2 is 1.52 bits per heavy atom. The molecule has 1 aliphatic rings. The molecule has 0 fully saturated rings. The van der Waals surface area contributed by atoms with E-state index in [2.05, 4.69) is 41.5 Å². The van der Waals surface area contributed by atoms with E-state index >= 15 is 0 Å². The van der Waals surface area contributed by atoms with E-state index in [4.69, 9.17) is 4.74 Å². The van der Waals surface area contributed by atoms with Crippen LogP contribution in [0.1, 0.15) is 58.3 Å². The van der Waals surface area contributed by atoms with Gasteiger partial charge in [-0.3, -0.25) is 14.7 Å². The number of methoxy groups -OCH3 is 1. The highest BCUT2D eigenvalue weighted by Crippen LogP contribution is 2.51. The van der Waals surface area contributed by atoms with Gasteiger partial charge in [0.15, 0.2) is 5.78 Å². The third-order valence-electron chi connectivity index (χ3n) is 7.85. The molecule has 2 heterocycles. The highest BCUT2D eigenvalue weighted by Gasteiger charge is 2.47. The molecule has 42 heavy (non-hydrogen) atoms. The van der Waals surface area contributed by atoms with E-state index < -0.39 is 17.3 Å². The van der Waals surface area contributed by atoms with E-state index in [1.807, 2.05) is 86.6 Å². The number of fused-ring (bicyclic) bond motifs is 1. The fraction of sp³-hybridized carbons (Fsp3) is 0.182. The SMILES string of the molecule is COC(=O)c1[nH]n(-c2ccccc2)c(=O)c1C1c2c(cc(-c3ccc(Br)cc3)n2-c2ccc(Br)cc2)C(=O)CC1(C)C. The molecule has 1 unspecified atom stereocenters. The van der Waals surface area contributed by atoms with Gasteiger partial charge in [-0.2, -0.15) is 0 Å². The van der Waals surface area contributed by atoms with Crippen LogP contribution in [0.4, 0.5) is 0 Å². The molecule has 0 aliphatic heterocycles. The zero-order valence-electron chi connectivity index (χ0n) is 23.2. The molecular formula is C33H27Br2N3O4. The van der Waals surface area contributed by atoms with Crippen molar-refractivity contribution < 1.29 is 14.3 Å². The van der Waals surface area contributed by atoms with Crippen molar-refractivity contribution in [3.63, 3.8) is 0 Å². The molecule has 9 heteroatoms. The summed E-state index contributed by atoms with van der Waals surface area (Å²) in [6.45, 7) is 3.94. The predicted molar refractivity (Wildman–Crippen MR) is 169 cm³/mol. The highest BCUT2D eigenvalue weighted by atomic mass is 79.9. The number of para-hydroxylation sites is 1. The molecule has 1 aliphatic carbocycles. The number of aromatic amines is 1. The Morgan fingerprint density at radius 3 is 2.14 bits per heavy atom. The van der Waals surface area contributed by atoms with Crippen LogP contribution in [-0.2, 0) is 4.74 Å². The van der Waals surface area contributed by atoms with Crippen molar-refractivity contribution in [2.75, 3.05) is 7.11 Å². The number of nitrogens with zero attached hydrogens (tertiary/aromatic N) is 2. The zero-order chi connectivity index (χ0) is 29.8. The quantitative estimate of drug-likeness (QED) is 0.192. The number of hydrogen-bond acceptors (Lipinski definition) is 4. The number of esters is 1. The number of carbonyl (C=O) groups excluding carboxylic acids is 2. The first-order chi connectivity index (χ1) is 20.1. The van der Waals surface area contributed by atoms with Gasteiger partial charge < -0.3 is 9.30 Å². The summed E-state index contributed by atoms with van der Waals surface area (Å²) in [5, 5.41) is 3.03. The maximum absolute atomic E-state index is 14.3. The Balaban J connectivity index is 1.71. The summed E-state index contributed by atoms with van der Waals surface area (Å²) in [6, 6.07) is 26.7. The number of carbonyl (C=O) groups is 2. The number of ketones is 1. The van der Waals surface area contributed by atoms with Gasteiger partial charge in [0.05, 0.1) is 24.1 Å². The summed E-state index contributed by atoms with van der Waals surface area (Å²) in [6.07, 6.45) is 0.200. The van der Waals surface area contributed by atoms with Gasteiger partial charge in [0, 0.05) is 38.2 Å². The largest absolute Gasteiger partial charge is 0.464 e. The fourth-order valence-corrected chi connectivity index (χ4v) is 6.51. The Kier molecular flexibility index (Phi) is 7.19. The minimum absolute atomic E-state index is 0.0148. The van der Waals surface area contributed by atoms with Crippen LogP contribution in [-0.4, -0.2) is 33.2 Å². The second-order valence-electron chi connectivity index (χ2n) is 11.0. The van der Waals surface area contributed by atoms with Gasteiger partial charge >= 0.3 is 5.97 Å². The van der Waals surface area contributed by atoms with E-state index in [-0.39, 0.29) is 29.0 Å². The Labute approximate surface area is 259 Å². The van der Waals surface area contributed by atoms with Crippen LogP contribution in [0.5, 0.6) is 0 Å². The van der Waals surface area contributed by atoms with Gasteiger partial charge in [0.2, 0.25) is 0 Å². The topological polar surface area (TPSA) is 86.1 Å². The molecule has 0 amide bonds. The van der Waals surface area contributed by atoms with Crippen LogP contribution >= 0.6 is 31.9 Å². The molecule has 0 saturated heterocycles. The number of Topliss-reactive ketones (excluding diaryl/α,β-unsaturated/α-hetero) is 1. The Hall–Kier alpha value is -3.95. The second kappa shape index (κ2) is 10.7. The summed E-state index contributed by atoms with van der Waals surface area (Å²) in [5.74, 6) is -1.29. The third kappa shape index (κ3) is 4.70. The van der Waals surface area contributed by atoms with Crippen LogP contribution in [0, 0.1) is 5.41 Å². The summed E-state index contributed by atoms with van der Waals surface area (Å²) < 4.78 is 10.4. The van der Waals surface area contributed by atoms with Crippen molar-refractivity contribution in [1.29, 1.82) is 0 Å². The molecule has 212 valence electrons. The standard InChI is InChI=1S/C33H27Br2N3O4/c1-33(2)18-26(39)24-17-25(19-9-11-20(34)12-10-19)37(22-15-13-21(35)14-16-22)30(24)28(33)27-29(32(41)42-3)36-38(31(27)40)23-7-5-4-6-8-23/h4-17,28,36H,18H2,1-3H3. The lowest BCUT2D eigenvalue weighted by Gasteiger charge is -2.38. The molecule has 1 atom stereocenters. The maximum Gasteiger partial charge on any atom is 0.356 e. The van der Waals surface area contributed by atoms with E-state index in [0.29, 0.717) is 16.9 Å². The first-order valence-electron chi connectivity index (χ1n) is 13.4. The van der Waals surface area contributed by atoms with E-state index in [1.54, 1.807) is 12.1 Å². The number of H-pyrrole nitrogens is 1. The van der Waals surface area contributed by atoms with Crippen LogP contribution < -0.4 is 5.56 Å². The lowest BCUT2D eigenvalue weighted by Crippen LogP contribution is -2.37. The predicted octanol–water partition coefficient (Wildman–Crippen LogP) is 7.68. The molecule has 0 saturated carbocycles. The number of rotatable bonds is 5. The van der Waals surface area contributed by atoms with Crippen molar-refractivity contribution in [2.24, 2.45) is 5.41 Å². The summed E-state index contributed by atoms with van der Waals surface area (Å²) in [5.41, 5.74) is 3.57. The van der Waals surface area contributed by atoms with Crippen molar-refractivity contribution >= 4 is 43.6 Å². The molecule has 6 rings (SSSR count). The number of hydrogen-bond donors (Lipinski definition) is 1. The minimum atomic E-state index is -0.717. The number of aromatic nitrogens is 3. The molecule has 3 aromatic carbocycles. The smallest absolute Gasteiger partial charge is 0.356 e. The lowest BCUT2D eigenvalue weighted by atomic mass is 9.65. The van der Waals surface area contributed by atoms with Gasteiger partial charge in [-0.25, -0.2) is 9.48 Å². The van der Waals surface area contributed by atoms with Gasteiger partial charge in [-0.15, -0.1) is 0 Å². The molecule has 0 radical (unpaired) electrons. The van der Waals surface area contributed by atoms with Gasteiger partial charge in [0.1, 0.15) is 5.69 Å². The normalized spacial score (nSPS) is 15.8. The van der Waals surface area contributed by atoms with Crippen molar-refractivity contribution in [3.05, 3.63) is 127 Å². The molecule has 5 aromatic rings. The average Bonchev–Trinajstić information content (AvgIpc) is 3.53. The van der Waals surface area contributed by atoms with Crippen LogP contribution in [0.15, 0.2) is 98.7 Å². The molecule has 2 aromatic heterocycles. The monoisotopic (exact) mass is 687 g/mol. The molecule has 0 bridgehead atoms. The second-order valence-corrected chi connectivity index (χ2v) is 12.9. The number of benzene rings is 3. The number of halogens is 2. The van der Waals surface area contributed by atoms with Gasteiger partial charge in [-0.1, -0.05) is 76.0 Å². The van der Waals surface area contributed by atoms with E-state index in [9.17, 15) is 14.4 Å². The summed E-state index contributed by atoms with van der Waals surface area (Å²) in [7, 11) is 1.29. The lowest BCUT2D eigenvalue weighted by molar-refractivity contribution is 0.0591. The van der Waals surface area contributed by atoms with E-state index in [1.165, 1.54) is 11.8 Å². The third-order valence-corrected chi connectivity index (χ3v) is 8.91. The Morgan fingerprint density at radius 1 is 0.905 bits per heavy atom. The summed E-state index contributed by atoms with van der Waals surface area (Å²) in [4.78, 5) is 41.3. The van der Waals surface area contributed by atoms with Crippen LogP contribution in [0.25, 0.3) is 22.6 Å². The first kappa shape index (κ1) is 28.2. The molecule has 0 spiro atoms. The maximum atomic E-state index is 14.3. The van der Waals surface area contributed by atoms with Gasteiger partial charge in [0.25, 0.3) is 5.56 Å². The Bertz CT molecular complexity index is 1880. The van der Waals surface area contributed by atoms with Crippen molar-refractivity contribution in [2.45, 2.75) is 26.2 Å². The minimum Gasteiger partial charge on any atom is -0.464 e. The molecule has 7 nitrogen and oxygen atoms in total. The molecular weight excluding hydrogens is 662 g/mol. The van der Waals surface area contributed by atoms with Gasteiger partial charge in [-0.05, 0) is 65.6 Å². The van der Waals surface area contributed by atoms with Crippen molar-refractivity contribution in [3.8, 4) is 22.6 Å². The fourth-order valence-electron chi connectivity index (χ4n) is 5.98. The molecule has 1 N–H and O–H groups in total. The van der Waals surface area contributed by atoms with Crippen LogP contribution in [0.3, 0.4) is 0 Å². The van der Waals surface area contributed by atoms with Crippen LogP contribution in [0.2, 0.25) is 0 Å². The van der Waals surface area contributed by atoms with E-state index in [0.717, 1.165) is 25.9 Å². The highest BCUT2D eigenvalue weighted by molar-refractivity contribution is 9.10. The van der Waals surface area contributed by atoms with Crippen molar-refractivity contribution in [1.82, 2.24) is 14.3 Å². The average molecular weight is 689 g/mol. The summed E-state index contributed by atoms with van der Waals surface area (Å²) >= 11 is 7.05. The number of ether oxygens (including phenoxy) is 1. The zero-order valence-corrected chi connectivity index (χ0v) is 26.3. The first-order valence-corrected chi connectivity index (χ1v) is 15.0.